The van der Waals surface area contributed by atoms with Crippen LogP contribution in [0.5, 0.6) is 5.75 Å². The van der Waals surface area contributed by atoms with Crippen molar-refractivity contribution in [1.82, 2.24) is 0 Å². The van der Waals surface area contributed by atoms with Gasteiger partial charge in [0, 0.05) is 15.6 Å². The zero-order valence-electron chi connectivity index (χ0n) is 15.1. The Hall–Kier alpha value is -3.25. The van der Waals surface area contributed by atoms with E-state index in [2.05, 4.69) is 20.9 Å². The Labute approximate surface area is 175 Å². The van der Waals surface area contributed by atoms with E-state index < -0.39 is 5.97 Å². The third kappa shape index (κ3) is 4.60. The van der Waals surface area contributed by atoms with E-state index in [1.54, 1.807) is 42.5 Å². The van der Waals surface area contributed by atoms with E-state index in [1.165, 1.54) is 6.07 Å². The summed E-state index contributed by atoms with van der Waals surface area (Å²) in [5.41, 5.74) is 2.10. The van der Waals surface area contributed by atoms with Crippen LogP contribution in [0.4, 0.5) is 4.39 Å². The zero-order valence-corrected chi connectivity index (χ0v) is 16.7. The number of hydrogen-bond acceptors (Lipinski definition) is 4. The Morgan fingerprint density at radius 3 is 2.69 bits per heavy atom. The summed E-state index contributed by atoms with van der Waals surface area (Å²) in [6.45, 7) is 0.111. The largest absolute Gasteiger partial charge is 0.489 e. The van der Waals surface area contributed by atoms with Crippen molar-refractivity contribution in [2.24, 2.45) is 4.99 Å². The molecule has 0 radical (unpaired) electrons. The van der Waals surface area contributed by atoms with Gasteiger partial charge in [0.2, 0.25) is 5.90 Å². The predicted octanol–water partition coefficient (Wildman–Crippen LogP) is 5.51. The Balaban J connectivity index is 1.53. The molecule has 29 heavy (non-hydrogen) atoms. The van der Waals surface area contributed by atoms with Crippen molar-refractivity contribution >= 4 is 33.9 Å². The number of hydrogen-bond donors (Lipinski definition) is 0. The van der Waals surface area contributed by atoms with Gasteiger partial charge in [0.15, 0.2) is 5.70 Å². The molecule has 1 aliphatic heterocycles. The van der Waals surface area contributed by atoms with Crippen LogP contribution in [0, 0.1) is 5.82 Å². The topological polar surface area (TPSA) is 47.9 Å². The Kier molecular flexibility index (Phi) is 5.53. The number of benzene rings is 3. The van der Waals surface area contributed by atoms with Crippen LogP contribution in [0.15, 0.2) is 88.0 Å². The van der Waals surface area contributed by atoms with Gasteiger partial charge in [-0.25, -0.2) is 14.2 Å². The highest BCUT2D eigenvalue weighted by Gasteiger charge is 2.24. The molecule has 0 saturated heterocycles. The van der Waals surface area contributed by atoms with Crippen LogP contribution in [0.25, 0.3) is 6.08 Å². The molecule has 0 aliphatic carbocycles. The van der Waals surface area contributed by atoms with Crippen LogP contribution in [-0.4, -0.2) is 11.9 Å². The van der Waals surface area contributed by atoms with Crippen molar-refractivity contribution in [3.8, 4) is 5.75 Å². The van der Waals surface area contributed by atoms with Gasteiger partial charge < -0.3 is 9.47 Å². The summed E-state index contributed by atoms with van der Waals surface area (Å²) in [5.74, 6) is -0.00814. The quantitative estimate of drug-likeness (QED) is 0.379. The lowest BCUT2D eigenvalue weighted by molar-refractivity contribution is -0.129. The van der Waals surface area contributed by atoms with Crippen molar-refractivity contribution in [3.05, 3.63) is 105 Å². The Morgan fingerprint density at radius 1 is 1.03 bits per heavy atom. The Morgan fingerprint density at radius 2 is 1.86 bits per heavy atom. The average Bonchev–Trinajstić information content (AvgIpc) is 3.08. The molecule has 1 aliphatic rings. The van der Waals surface area contributed by atoms with Crippen LogP contribution in [0.3, 0.4) is 0 Å². The fraction of sp³-hybridized carbons (Fsp3) is 0.0435. The van der Waals surface area contributed by atoms with Gasteiger partial charge in [0.05, 0.1) is 0 Å². The molecule has 1 heterocycles. The molecule has 0 spiro atoms. The molecule has 3 aromatic carbocycles. The van der Waals surface area contributed by atoms with Gasteiger partial charge in [-0.15, -0.1) is 0 Å². The van der Waals surface area contributed by atoms with Crippen LogP contribution in [0.1, 0.15) is 16.7 Å². The lowest BCUT2D eigenvalue weighted by atomic mass is 10.2. The van der Waals surface area contributed by atoms with Gasteiger partial charge >= 0.3 is 5.97 Å². The first-order valence-corrected chi connectivity index (χ1v) is 9.62. The minimum absolute atomic E-state index is 0.111. The molecule has 0 saturated carbocycles. The van der Waals surface area contributed by atoms with Crippen LogP contribution < -0.4 is 4.74 Å². The number of cyclic esters (lactones) is 1. The van der Waals surface area contributed by atoms with Crippen molar-refractivity contribution in [3.63, 3.8) is 0 Å². The number of rotatable bonds is 5. The van der Waals surface area contributed by atoms with E-state index in [0.717, 1.165) is 10.0 Å². The van der Waals surface area contributed by atoms with Gasteiger partial charge in [-0.3, -0.25) is 0 Å². The maximum absolute atomic E-state index is 13.7. The summed E-state index contributed by atoms with van der Waals surface area (Å²) < 4.78 is 25.6. The molecule has 3 aromatic rings. The molecular formula is C23H15BrFNO3. The second-order valence-corrected chi connectivity index (χ2v) is 7.21. The summed E-state index contributed by atoms with van der Waals surface area (Å²) in [5, 5.41) is 0. The van der Waals surface area contributed by atoms with Gasteiger partial charge in [-0.2, -0.15) is 0 Å². The van der Waals surface area contributed by atoms with Gasteiger partial charge in [-0.05, 0) is 48.0 Å². The van der Waals surface area contributed by atoms with E-state index in [4.69, 9.17) is 9.47 Å². The molecule has 0 fully saturated rings. The number of esters is 1. The molecule has 0 unspecified atom stereocenters. The highest BCUT2D eigenvalue weighted by atomic mass is 79.9. The monoisotopic (exact) mass is 451 g/mol. The van der Waals surface area contributed by atoms with E-state index in [-0.39, 0.29) is 24.0 Å². The number of ether oxygens (including phenoxy) is 2. The van der Waals surface area contributed by atoms with Crippen molar-refractivity contribution in [2.45, 2.75) is 6.61 Å². The first kappa shape index (κ1) is 19.1. The molecule has 0 amide bonds. The summed E-state index contributed by atoms with van der Waals surface area (Å²) in [6.07, 6.45) is 1.63. The fourth-order valence-electron chi connectivity index (χ4n) is 2.78. The van der Waals surface area contributed by atoms with E-state index >= 15 is 0 Å². The maximum atomic E-state index is 13.7. The molecule has 0 bridgehead atoms. The number of aliphatic imine (C=N–C) groups is 1. The van der Waals surface area contributed by atoms with Crippen molar-refractivity contribution in [2.75, 3.05) is 0 Å². The first-order chi connectivity index (χ1) is 14.1. The molecular weight excluding hydrogens is 437 g/mol. The number of halogens is 2. The maximum Gasteiger partial charge on any atom is 0.363 e. The van der Waals surface area contributed by atoms with Crippen molar-refractivity contribution < 1.29 is 18.7 Å². The second-order valence-electron chi connectivity index (χ2n) is 6.30. The highest BCUT2D eigenvalue weighted by Crippen LogP contribution is 2.23. The van der Waals surface area contributed by atoms with Crippen molar-refractivity contribution in [1.29, 1.82) is 0 Å². The number of carbonyl (C=O) groups is 1. The zero-order chi connectivity index (χ0) is 20.2. The van der Waals surface area contributed by atoms with E-state index in [1.807, 2.05) is 30.3 Å². The Bertz CT molecular complexity index is 1140. The normalized spacial score (nSPS) is 14.6. The second kappa shape index (κ2) is 8.41. The predicted molar refractivity (Wildman–Crippen MR) is 112 cm³/mol. The van der Waals surface area contributed by atoms with E-state index in [0.29, 0.717) is 16.9 Å². The smallest absolute Gasteiger partial charge is 0.363 e. The highest BCUT2D eigenvalue weighted by molar-refractivity contribution is 9.10. The summed E-state index contributed by atoms with van der Waals surface area (Å²) in [6, 6.07) is 21.0. The number of carbonyl (C=O) groups excluding carboxylic acids is 1. The lowest BCUT2D eigenvalue weighted by Crippen LogP contribution is -2.05. The molecule has 0 N–H and O–H groups in total. The summed E-state index contributed by atoms with van der Waals surface area (Å²) >= 11 is 3.39. The molecule has 4 nitrogen and oxygen atoms in total. The standard InChI is InChI=1S/C23H15BrFNO3/c24-18-8-4-7-16(13-18)22-26-21(23(27)29-22)12-15-5-3-9-19(11-15)28-14-17-6-1-2-10-20(17)25/h1-13H,14H2/b21-12-. The van der Waals surface area contributed by atoms with Gasteiger partial charge in [0.1, 0.15) is 18.2 Å². The minimum Gasteiger partial charge on any atom is -0.489 e. The molecule has 6 heteroatoms. The fourth-order valence-corrected chi connectivity index (χ4v) is 3.18. The van der Waals surface area contributed by atoms with E-state index in [9.17, 15) is 9.18 Å². The third-order valence-electron chi connectivity index (χ3n) is 4.21. The minimum atomic E-state index is -0.516. The lowest BCUT2D eigenvalue weighted by Gasteiger charge is -2.07. The molecule has 144 valence electrons. The molecule has 0 aromatic heterocycles. The summed E-state index contributed by atoms with van der Waals surface area (Å²) in [7, 11) is 0. The third-order valence-corrected chi connectivity index (χ3v) is 4.70. The average molecular weight is 452 g/mol. The first-order valence-electron chi connectivity index (χ1n) is 8.83. The van der Waals surface area contributed by atoms with Gasteiger partial charge in [0.25, 0.3) is 0 Å². The van der Waals surface area contributed by atoms with Gasteiger partial charge in [-0.1, -0.05) is 52.3 Å². The number of nitrogens with zero attached hydrogens (tertiary/aromatic N) is 1. The van der Waals surface area contributed by atoms with Crippen LogP contribution in [0.2, 0.25) is 0 Å². The SMILES string of the molecule is O=C1OC(c2cccc(Br)c2)=N/C1=C\c1cccc(OCc2ccccc2F)c1. The summed E-state index contributed by atoms with van der Waals surface area (Å²) in [4.78, 5) is 16.5. The van der Waals surface area contributed by atoms with Crippen LogP contribution in [-0.2, 0) is 16.1 Å². The molecule has 0 atom stereocenters. The van der Waals surface area contributed by atoms with Crippen LogP contribution >= 0.6 is 15.9 Å². The molecule has 4 rings (SSSR count).